The van der Waals surface area contributed by atoms with Gasteiger partial charge in [0.05, 0.1) is 7.11 Å². The van der Waals surface area contributed by atoms with Gasteiger partial charge in [-0.15, -0.1) is 0 Å². The molecule has 0 bridgehead atoms. The first kappa shape index (κ1) is 16.4. The number of likely N-dealkylation sites (tertiary alicyclic amines) is 1. The molecule has 2 atom stereocenters. The molecule has 0 radical (unpaired) electrons. The van der Waals surface area contributed by atoms with Crippen molar-refractivity contribution in [2.75, 3.05) is 33.8 Å². The minimum absolute atomic E-state index is 0.167. The number of nitrogens with one attached hydrogen (secondary N) is 1. The summed E-state index contributed by atoms with van der Waals surface area (Å²) in [6.45, 7) is 7.73. The highest BCUT2D eigenvalue weighted by atomic mass is 16.5. The number of likely N-dealkylation sites (N-methyl/N-ethyl adjacent to an activating group) is 1. The molecule has 19 heavy (non-hydrogen) atoms. The van der Waals surface area contributed by atoms with E-state index in [9.17, 15) is 4.79 Å². The smallest absolute Gasteiger partial charge is 0.325 e. The first-order valence-electron chi connectivity index (χ1n) is 7.55. The predicted molar refractivity (Wildman–Crippen MR) is 78.2 cm³/mol. The molecule has 2 unspecified atom stereocenters. The van der Waals surface area contributed by atoms with Gasteiger partial charge in [-0.1, -0.05) is 13.3 Å². The molecule has 1 heterocycles. The molecule has 0 spiro atoms. The average molecular weight is 270 g/mol. The summed E-state index contributed by atoms with van der Waals surface area (Å²) >= 11 is 0. The van der Waals surface area contributed by atoms with E-state index in [0.29, 0.717) is 0 Å². The number of carbonyl (C=O) groups is 1. The Morgan fingerprint density at radius 2 is 2.26 bits per heavy atom. The third-order valence-electron chi connectivity index (χ3n) is 4.52. The third-order valence-corrected chi connectivity index (χ3v) is 4.52. The Morgan fingerprint density at radius 1 is 1.53 bits per heavy atom. The first-order valence-corrected chi connectivity index (χ1v) is 7.55. The Kier molecular flexibility index (Phi) is 6.80. The summed E-state index contributed by atoms with van der Waals surface area (Å²) in [6, 6.07) is 0. The summed E-state index contributed by atoms with van der Waals surface area (Å²) in [7, 11) is 3.28. The highest BCUT2D eigenvalue weighted by Gasteiger charge is 2.32. The number of piperidine rings is 1. The lowest BCUT2D eigenvalue weighted by molar-refractivity contribution is -0.148. The standard InChI is InChI=1S/C15H30N2O2/c1-5-13-8-6-10-17(12-13)11-7-9-15(2,16-3)14(18)19-4/h13,16H,5-12H2,1-4H3. The summed E-state index contributed by atoms with van der Waals surface area (Å²) in [5, 5.41) is 3.09. The van der Waals surface area contributed by atoms with Gasteiger partial charge in [-0.25, -0.2) is 0 Å². The second-order valence-electron chi connectivity index (χ2n) is 5.89. The molecule has 112 valence electrons. The van der Waals surface area contributed by atoms with Crippen LogP contribution < -0.4 is 5.32 Å². The van der Waals surface area contributed by atoms with E-state index in [1.54, 1.807) is 0 Å². The van der Waals surface area contributed by atoms with Crippen molar-refractivity contribution in [1.29, 1.82) is 0 Å². The number of esters is 1. The number of methoxy groups -OCH3 is 1. The van der Waals surface area contributed by atoms with E-state index >= 15 is 0 Å². The molecule has 0 saturated carbocycles. The molecule has 1 rings (SSSR count). The SMILES string of the molecule is CCC1CCCN(CCCC(C)(NC)C(=O)OC)C1. The molecule has 0 amide bonds. The molecule has 1 fully saturated rings. The van der Waals surface area contributed by atoms with E-state index in [-0.39, 0.29) is 5.97 Å². The molecule has 1 N–H and O–H groups in total. The highest BCUT2D eigenvalue weighted by Crippen LogP contribution is 2.20. The van der Waals surface area contributed by atoms with Crippen molar-refractivity contribution < 1.29 is 9.53 Å². The second-order valence-corrected chi connectivity index (χ2v) is 5.89. The Balaban J connectivity index is 2.34. The topological polar surface area (TPSA) is 41.6 Å². The van der Waals surface area contributed by atoms with Crippen molar-refractivity contribution in [3.8, 4) is 0 Å². The number of hydrogen-bond acceptors (Lipinski definition) is 4. The van der Waals surface area contributed by atoms with Gasteiger partial charge >= 0.3 is 5.97 Å². The molecule has 1 aliphatic heterocycles. The molecule has 1 saturated heterocycles. The molecular weight excluding hydrogens is 240 g/mol. The largest absolute Gasteiger partial charge is 0.468 e. The number of ether oxygens (including phenoxy) is 1. The molecule has 0 aromatic carbocycles. The maximum atomic E-state index is 11.7. The van der Waals surface area contributed by atoms with Crippen molar-refractivity contribution in [2.45, 2.75) is 51.5 Å². The molecule has 1 aliphatic rings. The van der Waals surface area contributed by atoms with Crippen LogP contribution in [0.4, 0.5) is 0 Å². The van der Waals surface area contributed by atoms with Crippen molar-refractivity contribution in [2.24, 2.45) is 5.92 Å². The van der Waals surface area contributed by atoms with E-state index < -0.39 is 5.54 Å². The van der Waals surface area contributed by atoms with Gasteiger partial charge in [0.15, 0.2) is 0 Å². The summed E-state index contributed by atoms with van der Waals surface area (Å²) in [6.07, 6.45) is 5.83. The highest BCUT2D eigenvalue weighted by molar-refractivity contribution is 5.80. The molecular formula is C15H30N2O2. The van der Waals surface area contributed by atoms with Gasteiger partial charge in [-0.05, 0) is 58.7 Å². The van der Waals surface area contributed by atoms with Gasteiger partial charge in [0.25, 0.3) is 0 Å². The lowest BCUT2D eigenvalue weighted by Crippen LogP contribution is -2.48. The molecule has 0 aromatic heterocycles. The zero-order valence-corrected chi connectivity index (χ0v) is 13.0. The Morgan fingerprint density at radius 3 is 2.84 bits per heavy atom. The quantitative estimate of drug-likeness (QED) is 0.719. The lowest BCUT2D eigenvalue weighted by Gasteiger charge is -2.33. The van der Waals surface area contributed by atoms with Gasteiger partial charge in [0, 0.05) is 6.54 Å². The average Bonchev–Trinajstić information content (AvgIpc) is 2.46. The fourth-order valence-corrected chi connectivity index (χ4v) is 2.90. The number of rotatable bonds is 7. The minimum atomic E-state index is -0.547. The first-order chi connectivity index (χ1) is 9.05. The predicted octanol–water partition coefficient (Wildman–Crippen LogP) is 2.04. The fraction of sp³-hybridized carbons (Fsp3) is 0.933. The Bertz CT molecular complexity index is 283. The lowest BCUT2D eigenvalue weighted by atomic mass is 9.93. The Hall–Kier alpha value is -0.610. The fourth-order valence-electron chi connectivity index (χ4n) is 2.90. The van der Waals surface area contributed by atoms with Crippen LogP contribution in [0, 0.1) is 5.92 Å². The molecule has 0 aliphatic carbocycles. The van der Waals surface area contributed by atoms with Crippen LogP contribution in [0.5, 0.6) is 0 Å². The van der Waals surface area contributed by atoms with Gasteiger partial charge in [-0.3, -0.25) is 4.79 Å². The van der Waals surface area contributed by atoms with E-state index in [1.165, 1.54) is 39.5 Å². The summed E-state index contributed by atoms with van der Waals surface area (Å²) in [4.78, 5) is 14.3. The summed E-state index contributed by atoms with van der Waals surface area (Å²) in [5.41, 5.74) is -0.547. The van der Waals surface area contributed by atoms with Crippen LogP contribution in [0.2, 0.25) is 0 Å². The number of hydrogen-bond donors (Lipinski definition) is 1. The number of nitrogens with zero attached hydrogens (tertiary/aromatic N) is 1. The van der Waals surface area contributed by atoms with Gasteiger partial charge in [0.2, 0.25) is 0 Å². The summed E-state index contributed by atoms with van der Waals surface area (Å²) < 4.78 is 4.87. The minimum Gasteiger partial charge on any atom is -0.468 e. The van der Waals surface area contributed by atoms with E-state index in [0.717, 1.165) is 25.3 Å². The molecule has 0 aromatic rings. The molecule has 4 heteroatoms. The zero-order valence-electron chi connectivity index (χ0n) is 13.0. The van der Waals surface area contributed by atoms with Gasteiger partial charge in [0.1, 0.15) is 5.54 Å². The molecule has 4 nitrogen and oxygen atoms in total. The van der Waals surface area contributed by atoms with Crippen molar-refractivity contribution in [3.05, 3.63) is 0 Å². The van der Waals surface area contributed by atoms with Gasteiger partial charge < -0.3 is 15.0 Å². The second kappa shape index (κ2) is 7.85. The van der Waals surface area contributed by atoms with Crippen LogP contribution in [-0.4, -0.2) is 50.2 Å². The van der Waals surface area contributed by atoms with E-state index in [1.807, 2.05) is 14.0 Å². The van der Waals surface area contributed by atoms with Gasteiger partial charge in [-0.2, -0.15) is 0 Å². The summed E-state index contributed by atoms with van der Waals surface area (Å²) in [5.74, 6) is 0.699. The van der Waals surface area contributed by atoms with Crippen LogP contribution in [0.1, 0.15) is 46.0 Å². The van der Waals surface area contributed by atoms with Crippen LogP contribution in [-0.2, 0) is 9.53 Å². The van der Waals surface area contributed by atoms with Crippen LogP contribution >= 0.6 is 0 Å². The number of carbonyl (C=O) groups excluding carboxylic acids is 1. The van der Waals surface area contributed by atoms with Crippen molar-refractivity contribution in [3.63, 3.8) is 0 Å². The van der Waals surface area contributed by atoms with E-state index in [2.05, 4.69) is 17.1 Å². The van der Waals surface area contributed by atoms with E-state index in [4.69, 9.17) is 4.74 Å². The Labute approximate surface area is 117 Å². The van der Waals surface area contributed by atoms with Crippen LogP contribution in [0.3, 0.4) is 0 Å². The van der Waals surface area contributed by atoms with Crippen LogP contribution in [0.25, 0.3) is 0 Å². The monoisotopic (exact) mass is 270 g/mol. The zero-order chi connectivity index (χ0) is 14.3. The van der Waals surface area contributed by atoms with Crippen molar-refractivity contribution in [1.82, 2.24) is 10.2 Å². The van der Waals surface area contributed by atoms with Crippen LogP contribution in [0.15, 0.2) is 0 Å². The third kappa shape index (κ3) is 4.77. The normalized spacial score (nSPS) is 23.9. The maximum Gasteiger partial charge on any atom is 0.325 e. The van der Waals surface area contributed by atoms with Crippen molar-refractivity contribution >= 4 is 5.97 Å². The maximum absolute atomic E-state index is 11.7.